The van der Waals surface area contributed by atoms with Crippen molar-refractivity contribution in [2.24, 2.45) is 0 Å². The van der Waals surface area contributed by atoms with Crippen LogP contribution in [-0.4, -0.2) is 10.7 Å². The van der Waals surface area contributed by atoms with Crippen LogP contribution in [0.2, 0.25) is 0 Å². The second-order valence-electron chi connectivity index (χ2n) is 9.17. The van der Waals surface area contributed by atoms with Gasteiger partial charge in [-0.3, -0.25) is 0 Å². The number of phenols is 1. The summed E-state index contributed by atoms with van der Waals surface area (Å²) in [6.45, 7) is 13.2. The van der Waals surface area contributed by atoms with Crippen molar-refractivity contribution in [2.45, 2.75) is 97.5 Å². The number of fused-ring (bicyclic) bond motifs is 1. The minimum absolute atomic E-state index is 0.0310. The van der Waals surface area contributed by atoms with Gasteiger partial charge in [0, 0.05) is 0 Å². The van der Waals surface area contributed by atoms with E-state index in [0.717, 1.165) is 36.1 Å². The molecule has 2 rings (SSSR count). The first-order chi connectivity index (χ1) is 12.7. The van der Waals surface area contributed by atoms with E-state index < -0.39 is 0 Å². The Morgan fingerprint density at radius 3 is 2.59 bits per heavy atom. The van der Waals surface area contributed by atoms with Crippen molar-refractivity contribution < 1.29 is 9.84 Å². The van der Waals surface area contributed by atoms with Gasteiger partial charge < -0.3 is 9.84 Å². The van der Waals surface area contributed by atoms with Gasteiger partial charge in [0.15, 0.2) is 0 Å². The van der Waals surface area contributed by atoms with E-state index in [1.54, 1.807) is 0 Å². The van der Waals surface area contributed by atoms with Crippen LogP contribution in [0.5, 0.6) is 11.5 Å². The van der Waals surface area contributed by atoms with Crippen LogP contribution in [-0.2, 0) is 5.41 Å². The standard InChI is InChI=1S/C25H38O2/c1-7-8-9-10-14-24(4,5)20-17-22(26)21-13-16-25(6,27-23(21)18-20)15-11-12-19(2)3/h12-13,16-18,26H,7-11,14-15H2,1-6H3. The lowest BCUT2D eigenvalue weighted by Crippen LogP contribution is -2.32. The second kappa shape index (κ2) is 8.99. The van der Waals surface area contributed by atoms with Crippen LogP contribution in [0.4, 0.5) is 0 Å². The van der Waals surface area contributed by atoms with Crippen LogP contribution in [0.1, 0.15) is 97.6 Å². The van der Waals surface area contributed by atoms with E-state index in [0.29, 0.717) is 5.75 Å². The smallest absolute Gasteiger partial charge is 0.131 e. The quantitative estimate of drug-likeness (QED) is 0.359. The number of ether oxygens (including phenoxy) is 1. The first-order valence-electron chi connectivity index (χ1n) is 10.6. The molecule has 0 bridgehead atoms. The molecule has 1 atom stereocenters. The maximum atomic E-state index is 10.6. The van der Waals surface area contributed by atoms with E-state index in [2.05, 4.69) is 59.8 Å². The minimum atomic E-state index is -0.324. The maximum Gasteiger partial charge on any atom is 0.131 e. The SMILES string of the molecule is CCCCCCC(C)(C)c1cc(O)c2c(c1)OC(C)(CCC=C(C)C)C=C2. The van der Waals surface area contributed by atoms with E-state index in [4.69, 9.17) is 4.74 Å². The third-order valence-corrected chi connectivity index (χ3v) is 5.70. The predicted octanol–water partition coefficient (Wildman–Crippen LogP) is 7.55. The van der Waals surface area contributed by atoms with Crippen LogP contribution < -0.4 is 4.74 Å². The Hall–Kier alpha value is -1.70. The largest absolute Gasteiger partial charge is 0.507 e. The zero-order valence-electron chi connectivity index (χ0n) is 18.2. The molecule has 1 N–H and O–H groups in total. The molecule has 1 unspecified atom stereocenters. The fourth-order valence-electron chi connectivity index (χ4n) is 3.72. The highest BCUT2D eigenvalue weighted by molar-refractivity contribution is 5.68. The molecule has 27 heavy (non-hydrogen) atoms. The molecule has 0 fully saturated rings. The molecular formula is C25H38O2. The summed E-state index contributed by atoms with van der Waals surface area (Å²) >= 11 is 0. The summed E-state index contributed by atoms with van der Waals surface area (Å²) in [6.07, 6.45) is 14.5. The van der Waals surface area contributed by atoms with Crippen LogP contribution >= 0.6 is 0 Å². The van der Waals surface area contributed by atoms with Gasteiger partial charge in [0.2, 0.25) is 0 Å². The molecule has 150 valence electrons. The number of hydrogen-bond donors (Lipinski definition) is 1. The van der Waals surface area contributed by atoms with E-state index in [1.165, 1.54) is 31.3 Å². The zero-order chi connectivity index (χ0) is 20.1. The van der Waals surface area contributed by atoms with Crippen molar-refractivity contribution in [3.05, 3.63) is 41.0 Å². The predicted molar refractivity (Wildman–Crippen MR) is 117 cm³/mol. The summed E-state index contributed by atoms with van der Waals surface area (Å²) in [6, 6.07) is 4.08. The van der Waals surface area contributed by atoms with Gasteiger partial charge in [-0.25, -0.2) is 0 Å². The van der Waals surface area contributed by atoms with E-state index >= 15 is 0 Å². The minimum Gasteiger partial charge on any atom is -0.507 e. The number of allylic oxidation sites excluding steroid dienone is 2. The number of unbranched alkanes of at least 4 members (excludes halogenated alkanes) is 3. The first-order valence-corrected chi connectivity index (χ1v) is 10.6. The molecule has 1 aliphatic heterocycles. The monoisotopic (exact) mass is 370 g/mol. The molecule has 1 aliphatic rings. The molecule has 1 aromatic rings. The van der Waals surface area contributed by atoms with Crippen molar-refractivity contribution >= 4 is 6.08 Å². The van der Waals surface area contributed by atoms with Crippen LogP contribution in [0.15, 0.2) is 29.9 Å². The fraction of sp³-hybridized carbons (Fsp3) is 0.600. The number of rotatable bonds is 9. The van der Waals surface area contributed by atoms with Gasteiger partial charge >= 0.3 is 0 Å². The topological polar surface area (TPSA) is 29.5 Å². The highest BCUT2D eigenvalue weighted by Crippen LogP contribution is 2.42. The molecular weight excluding hydrogens is 332 g/mol. The van der Waals surface area contributed by atoms with E-state index in [9.17, 15) is 5.11 Å². The van der Waals surface area contributed by atoms with Gasteiger partial charge in [0.05, 0.1) is 5.56 Å². The normalized spacial score (nSPS) is 18.7. The third-order valence-electron chi connectivity index (χ3n) is 5.70. The van der Waals surface area contributed by atoms with Gasteiger partial charge in [-0.15, -0.1) is 0 Å². The molecule has 0 saturated carbocycles. The number of aromatic hydroxyl groups is 1. The molecule has 0 aromatic heterocycles. The first kappa shape index (κ1) is 21.6. The Kier molecular flexibility index (Phi) is 7.19. The van der Waals surface area contributed by atoms with Crippen molar-refractivity contribution in [3.63, 3.8) is 0 Å². The lowest BCUT2D eigenvalue weighted by molar-refractivity contribution is 0.128. The molecule has 0 amide bonds. The number of hydrogen-bond acceptors (Lipinski definition) is 2. The Labute approximate surface area is 166 Å². The van der Waals surface area contributed by atoms with E-state index in [1.807, 2.05) is 12.1 Å². The average molecular weight is 371 g/mol. The van der Waals surface area contributed by atoms with Crippen LogP contribution in [0, 0.1) is 0 Å². The number of benzene rings is 1. The molecule has 0 radical (unpaired) electrons. The maximum absolute atomic E-state index is 10.6. The van der Waals surface area contributed by atoms with Gasteiger partial charge in [0.1, 0.15) is 17.1 Å². The Bertz CT molecular complexity index is 693. The lowest BCUT2D eigenvalue weighted by Gasteiger charge is -2.33. The van der Waals surface area contributed by atoms with E-state index in [-0.39, 0.29) is 11.0 Å². The van der Waals surface area contributed by atoms with Gasteiger partial charge in [-0.1, -0.05) is 58.1 Å². The van der Waals surface area contributed by atoms with Gasteiger partial charge in [-0.05, 0) is 75.3 Å². The van der Waals surface area contributed by atoms with Crippen molar-refractivity contribution in [3.8, 4) is 11.5 Å². The van der Waals surface area contributed by atoms with Crippen molar-refractivity contribution in [1.82, 2.24) is 0 Å². The van der Waals surface area contributed by atoms with Gasteiger partial charge in [-0.2, -0.15) is 0 Å². The lowest BCUT2D eigenvalue weighted by atomic mass is 9.79. The second-order valence-corrected chi connectivity index (χ2v) is 9.17. The number of phenolic OH excluding ortho intramolecular Hbond substituents is 1. The average Bonchev–Trinajstić information content (AvgIpc) is 2.57. The molecule has 2 nitrogen and oxygen atoms in total. The Morgan fingerprint density at radius 2 is 1.93 bits per heavy atom. The van der Waals surface area contributed by atoms with Crippen LogP contribution in [0.25, 0.3) is 6.08 Å². The molecule has 1 heterocycles. The fourth-order valence-corrected chi connectivity index (χ4v) is 3.72. The highest BCUT2D eigenvalue weighted by Gasteiger charge is 2.30. The Balaban J connectivity index is 2.18. The summed E-state index contributed by atoms with van der Waals surface area (Å²) in [7, 11) is 0. The summed E-state index contributed by atoms with van der Waals surface area (Å²) in [4.78, 5) is 0. The summed E-state index contributed by atoms with van der Waals surface area (Å²) in [5.41, 5.74) is 3.01. The summed E-state index contributed by atoms with van der Waals surface area (Å²) < 4.78 is 6.38. The molecule has 0 aliphatic carbocycles. The molecule has 2 heteroatoms. The summed E-state index contributed by atoms with van der Waals surface area (Å²) in [5.74, 6) is 1.14. The Morgan fingerprint density at radius 1 is 1.19 bits per heavy atom. The highest BCUT2D eigenvalue weighted by atomic mass is 16.5. The van der Waals surface area contributed by atoms with Gasteiger partial charge in [0.25, 0.3) is 0 Å². The van der Waals surface area contributed by atoms with Crippen molar-refractivity contribution in [2.75, 3.05) is 0 Å². The van der Waals surface area contributed by atoms with Crippen LogP contribution in [0.3, 0.4) is 0 Å². The summed E-state index contributed by atoms with van der Waals surface area (Å²) in [5, 5.41) is 10.6. The zero-order valence-corrected chi connectivity index (χ0v) is 18.2. The third kappa shape index (κ3) is 5.89. The molecule has 0 saturated heterocycles. The molecule has 1 aromatic carbocycles. The van der Waals surface area contributed by atoms with Crippen molar-refractivity contribution in [1.29, 1.82) is 0 Å². The molecule has 0 spiro atoms.